The van der Waals surface area contributed by atoms with E-state index in [0.717, 1.165) is 17.9 Å². The predicted molar refractivity (Wildman–Crippen MR) is 98.1 cm³/mol. The molecule has 2 nitrogen and oxygen atoms in total. The fourth-order valence-electron chi connectivity index (χ4n) is 3.50. The van der Waals surface area contributed by atoms with Gasteiger partial charge in [0.15, 0.2) is 0 Å². The minimum absolute atomic E-state index is 0.697. The second-order valence-corrected chi connectivity index (χ2v) is 6.71. The third-order valence-corrected chi connectivity index (χ3v) is 4.97. The standard InChI is InChI=1S/C22H26N2/c23-17-5-1-2-6-19-9-11-20(12-10-19)7-3-4-8-21-13-15-22(18-24)16-14-21/h1-2,5-6,13-16,19-20H,3-4,7-12H2. The largest absolute Gasteiger partial charge is 0.193 e. The van der Waals surface area contributed by atoms with Crippen molar-refractivity contribution in [2.45, 2.75) is 51.4 Å². The number of hydrogen-bond donors (Lipinski definition) is 0. The van der Waals surface area contributed by atoms with Gasteiger partial charge in [0.25, 0.3) is 0 Å². The summed E-state index contributed by atoms with van der Waals surface area (Å²) in [5, 5.41) is 17.3. The Hall–Kier alpha value is -2.32. The summed E-state index contributed by atoms with van der Waals surface area (Å²) >= 11 is 0. The van der Waals surface area contributed by atoms with Crippen molar-refractivity contribution >= 4 is 0 Å². The zero-order valence-corrected chi connectivity index (χ0v) is 14.3. The summed E-state index contributed by atoms with van der Waals surface area (Å²) in [6.07, 6.45) is 17.9. The number of nitrogens with zero attached hydrogens (tertiary/aromatic N) is 2. The van der Waals surface area contributed by atoms with Crippen molar-refractivity contribution in [2.75, 3.05) is 0 Å². The van der Waals surface area contributed by atoms with Crippen LogP contribution in [0.2, 0.25) is 0 Å². The molecule has 0 N–H and O–H groups in total. The molecule has 24 heavy (non-hydrogen) atoms. The first-order valence-corrected chi connectivity index (χ1v) is 9.04. The first-order valence-electron chi connectivity index (χ1n) is 9.04. The van der Waals surface area contributed by atoms with Crippen LogP contribution in [0.1, 0.15) is 56.1 Å². The Morgan fingerprint density at radius 2 is 1.71 bits per heavy atom. The number of hydrogen-bond acceptors (Lipinski definition) is 2. The fraction of sp³-hybridized carbons (Fsp3) is 0.455. The predicted octanol–water partition coefficient (Wildman–Crippen LogP) is 5.71. The quantitative estimate of drug-likeness (QED) is 0.367. The lowest BCUT2D eigenvalue weighted by Gasteiger charge is -2.26. The van der Waals surface area contributed by atoms with E-state index in [0.29, 0.717) is 5.92 Å². The van der Waals surface area contributed by atoms with Crippen LogP contribution in [0.3, 0.4) is 0 Å². The average molecular weight is 318 g/mol. The number of aryl methyl sites for hydroxylation is 1. The lowest BCUT2D eigenvalue weighted by molar-refractivity contribution is 0.289. The summed E-state index contributed by atoms with van der Waals surface area (Å²) in [5.41, 5.74) is 2.08. The first kappa shape index (κ1) is 18.0. The van der Waals surface area contributed by atoms with Crippen LogP contribution >= 0.6 is 0 Å². The van der Waals surface area contributed by atoms with Gasteiger partial charge in [0, 0.05) is 6.08 Å². The highest BCUT2D eigenvalue weighted by molar-refractivity contribution is 5.31. The molecule has 1 aromatic carbocycles. The highest BCUT2D eigenvalue weighted by Crippen LogP contribution is 2.32. The molecule has 0 aliphatic heterocycles. The van der Waals surface area contributed by atoms with Crippen molar-refractivity contribution in [1.29, 1.82) is 10.5 Å². The Kier molecular flexibility index (Phi) is 7.85. The zero-order chi connectivity index (χ0) is 17.0. The van der Waals surface area contributed by atoms with E-state index in [2.05, 4.69) is 24.3 Å². The van der Waals surface area contributed by atoms with Crippen molar-refractivity contribution in [3.05, 3.63) is 59.7 Å². The van der Waals surface area contributed by atoms with Crippen LogP contribution in [0, 0.1) is 34.5 Å². The molecule has 0 spiro atoms. The average Bonchev–Trinajstić information content (AvgIpc) is 2.64. The van der Waals surface area contributed by atoms with E-state index in [-0.39, 0.29) is 0 Å². The number of rotatable bonds is 7. The molecule has 0 aromatic heterocycles. The summed E-state index contributed by atoms with van der Waals surface area (Å²) in [7, 11) is 0. The van der Waals surface area contributed by atoms with Gasteiger partial charge in [0.1, 0.15) is 0 Å². The number of unbranched alkanes of at least 4 members (excludes halogenated alkanes) is 1. The molecular formula is C22H26N2. The van der Waals surface area contributed by atoms with Gasteiger partial charge < -0.3 is 0 Å². The monoisotopic (exact) mass is 318 g/mol. The molecule has 2 rings (SSSR count). The summed E-state index contributed by atoms with van der Waals surface area (Å²) in [4.78, 5) is 0. The maximum atomic E-state index is 8.81. The van der Waals surface area contributed by atoms with Crippen LogP contribution in [0.5, 0.6) is 0 Å². The Balaban J connectivity index is 1.59. The van der Waals surface area contributed by atoms with Crippen molar-refractivity contribution in [3.8, 4) is 12.1 Å². The molecule has 1 aliphatic carbocycles. The van der Waals surface area contributed by atoms with Gasteiger partial charge in [0.05, 0.1) is 17.7 Å². The highest BCUT2D eigenvalue weighted by atomic mass is 14.2. The van der Waals surface area contributed by atoms with E-state index in [9.17, 15) is 0 Å². The Morgan fingerprint density at radius 1 is 0.958 bits per heavy atom. The Morgan fingerprint density at radius 3 is 2.38 bits per heavy atom. The summed E-state index contributed by atoms with van der Waals surface area (Å²) in [5.74, 6) is 1.59. The normalized spacial score (nSPS) is 20.9. The number of allylic oxidation sites excluding steroid dienone is 4. The smallest absolute Gasteiger partial charge is 0.0991 e. The van der Waals surface area contributed by atoms with Gasteiger partial charge in [-0.3, -0.25) is 0 Å². The molecule has 1 saturated carbocycles. The maximum Gasteiger partial charge on any atom is 0.0991 e. The summed E-state index contributed by atoms with van der Waals surface area (Å²) < 4.78 is 0. The lowest BCUT2D eigenvalue weighted by Crippen LogP contribution is -2.13. The fourth-order valence-corrected chi connectivity index (χ4v) is 3.50. The minimum atomic E-state index is 0.697. The van der Waals surface area contributed by atoms with Gasteiger partial charge >= 0.3 is 0 Å². The van der Waals surface area contributed by atoms with Gasteiger partial charge in [-0.1, -0.05) is 43.2 Å². The van der Waals surface area contributed by atoms with Crippen LogP contribution in [0.25, 0.3) is 0 Å². The van der Waals surface area contributed by atoms with E-state index in [4.69, 9.17) is 10.5 Å². The summed E-state index contributed by atoms with van der Waals surface area (Å²) in [6.45, 7) is 0. The van der Waals surface area contributed by atoms with E-state index in [1.807, 2.05) is 30.4 Å². The van der Waals surface area contributed by atoms with Gasteiger partial charge in [-0.25, -0.2) is 0 Å². The van der Waals surface area contributed by atoms with Crippen LogP contribution in [-0.4, -0.2) is 0 Å². The third kappa shape index (κ3) is 6.43. The van der Waals surface area contributed by atoms with Crippen molar-refractivity contribution in [3.63, 3.8) is 0 Å². The van der Waals surface area contributed by atoms with E-state index >= 15 is 0 Å². The minimum Gasteiger partial charge on any atom is -0.193 e. The number of nitriles is 2. The Bertz CT molecular complexity index is 617. The van der Waals surface area contributed by atoms with Crippen molar-refractivity contribution in [2.24, 2.45) is 11.8 Å². The van der Waals surface area contributed by atoms with Crippen molar-refractivity contribution in [1.82, 2.24) is 0 Å². The molecule has 0 atom stereocenters. The molecule has 124 valence electrons. The van der Waals surface area contributed by atoms with E-state index in [1.165, 1.54) is 56.6 Å². The van der Waals surface area contributed by atoms with E-state index < -0.39 is 0 Å². The molecule has 0 amide bonds. The lowest BCUT2D eigenvalue weighted by atomic mass is 9.79. The van der Waals surface area contributed by atoms with Crippen LogP contribution in [-0.2, 0) is 6.42 Å². The van der Waals surface area contributed by atoms with Gasteiger partial charge in [-0.15, -0.1) is 0 Å². The van der Waals surface area contributed by atoms with Crippen LogP contribution < -0.4 is 0 Å². The van der Waals surface area contributed by atoms with E-state index in [1.54, 1.807) is 0 Å². The molecule has 1 fully saturated rings. The molecule has 0 bridgehead atoms. The zero-order valence-electron chi connectivity index (χ0n) is 14.3. The van der Waals surface area contributed by atoms with Crippen molar-refractivity contribution < 1.29 is 0 Å². The molecule has 1 aromatic rings. The Labute approximate surface area is 146 Å². The maximum absolute atomic E-state index is 8.81. The van der Waals surface area contributed by atoms with Gasteiger partial charge in [-0.05, 0) is 68.1 Å². The topological polar surface area (TPSA) is 47.6 Å². The molecule has 2 heteroatoms. The molecule has 0 heterocycles. The molecule has 0 unspecified atom stereocenters. The summed E-state index contributed by atoms with van der Waals surface area (Å²) in [6, 6.07) is 12.2. The molecular weight excluding hydrogens is 292 g/mol. The van der Waals surface area contributed by atoms with Crippen LogP contribution in [0.4, 0.5) is 0 Å². The first-order chi connectivity index (χ1) is 11.8. The second kappa shape index (κ2) is 10.5. The van der Waals surface area contributed by atoms with Gasteiger partial charge in [0.2, 0.25) is 0 Å². The highest BCUT2D eigenvalue weighted by Gasteiger charge is 2.18. The number of benzene rings is 1. The van der Waals surface area contributed by atoms with Crippen LogP contribution in [0.15, 0.2) is 48.6 Å². The SMILES string of the molecule is N#CC=CC=CC1CCC(CCCCc2ccc(C#N)cc2)CC1. The second-order valence-electron chi connectivity index (χ2n) is 6.71. The van der Waals surface area contributed by atoms with Gasteiger partial charge in [-0.2, -0.15) is 10.5 Å². The third-order valence-electron chi connectivity index (χ3n) is 4.97. The molecule has 0 saturated heterocycles. The molecule has 1 aliphatic rings. The molecule has 0 radical (unpaired) electrons.